The maximum Gasteiger partial charge on any atom is 0.0931 e. The summed E-state index contributed by atoms with van der Waals surface area (Å²) in [5, 5.41) is 5.99. The Kier molecular flexibility index (Phi) is 4.87. The Morgan fingerprint density at radius 3 is 2.63 bits per heavy atom. The second-order valence-electron chi connectivity index (χ2n) is 4.64. The highest BCUT2D eigenvalue weighted by atomic mass is 35.5. The summed E-state index contributed by atoms with van der Waals surface area (Å²) in [5.41, 5.74) is 0. The van der Waals surface area contributed by atoms with Crippen molar-refractivity contribution in [3.8, 4) is 0 Å². The summed E-state index contributed by atoms with van der Waals surface area (Å²) in [4.78, 5) is 2.71. The van der Waals surface area contributed by atoms with Crippen molar-refractivity contribution in [1.29, 1.82) is 0 Å². The van der Waals surface area contributed by atoms with Gasteiger partial charge in [0, 0.05) is 15.8 Å². The van der Waals surface area contributed by atoms with Crippen LogP contribution in [-0.2, 0) is 0 Å². The molecule has 1 unspecified atom stereocenters. The normalized spacial score (nSPS) is 18.6. The zero-order chi connectivity index (χ0) is 13.1. The fourth-order valence-corrected chi connectivity index (χ4v) is 5.47. The van der Waals surface area contributed by atoms with Crippen molar-refractivity contribution in [3.05, 3.63) is 43.7 Å². The van der Waals surface area contributed by atoms with E-state index in [1.165, 1.54) is 34.1 Å². The minimum Gasteiger partial charge on any atom is -0.302 e. The van der Waals surface area contributed by atoms with Crippen LogP contribution in [0.1, 0.15) is 28.6 Å². The van der Waals surface area contributed by atoms with E-state index in [4.69, 9.17) is 11.6 Å². The molecular weight excluding hydrogens is 314 g/mol. The van der Waals surface area contributed by atoms with Crippen molar-refractivity contribution in [2.45, 2.75) is 24.9 Å². The third-order valence-electron chi connectivity index (χ3n) is 3.33. The predicted molar refractivity (Wildman–Crippen MR) is 89.0 cm³/mol. The van der Waals surface area contributed by atoms with Gasteiger partial charge in [-0.15, -0.1) is 22.7 Å². The van der Waals surface area contributed by atoms with Crippen LogP contribution in [0.25, 0.3) is 0 Å². The van der Waals surface area contributed by atoms with E-state index >= 15 is 0 Å². The first-order valence-corrected chi connectivity index (χ1v) is 9.68. The second kappa shape index (κ2) is 6.64. The Labute approximate surface area is 131 Å². The zero-order valence-corrected chi connectivity index (χ0v) is 13.7. The van der Waals surface area contributed by atoms with Crippen LogP contribution in [0.2, 0.25) is 4.34 Å². The van der Waals surface area contributed by atoms with Crippen LogP contribution in [-0.4, -0.2) is 17.5 Å². The summed E-state index contributed by atoms with van der Waals surface area (Å²) in [7, 11) is 0. The first kappa shape index (κ1) is 14.0. The Balaban J connectivity index is 1.80. The number of rotatable bonds is 4. The Morgan fingerprint density at radius 1 is 1.16 bits per heavy atom. The SMILES string of the molecule is Clc1ccc(C(NC2CCSCC2)c2cccs2)s1. The molecule has 1 aliphatic heterocycles. The van der Waals surface area contributed by atoms with E-state index in [1.807, 2.05) is 17.4 Å². The lowest BCUT2D eigenvalue weighted by Gasteiger charge is -2.27. The van der Waals surface area contributed by atoms with Gasteiger partial charge in [0.25, 0.3) is 0 Å². The van der Waals surface area contributed by atoms with Gasteiger partial charge in [-0.2, -0.15) is 11.8 Å². The molecule has 0 bridgehead atoms. The molecule has 0 amide bonds. The summed E-state index contributed by atoms with van der Waals surface area (Å²) in [6.07, 6.45) is 2.54. The molecule has 1 saturated heterocycles. The fraction of sp³-hybridized carbons (Fsp3) is 0.429. The number of hydrogen-bond donors (Lipinski definition) is 1. The van der Waals surface area contributed by atoms with Crippen LogP contribution in [0.5, 0.6) is 0 Å². The minimum atomic E-state index is 0.311. The van der Waals surface area contributed by atoms with Gasteiger partial charge in [-0.25, -0.2) is 0 Å². The molecule has 19 heavy (non-hydrogen) atoms. The van der Waals surface area contributed by atoms with Gasteiger partial charge in [-0.1, -0.05) is 17.7 Å². The molecule has 2 aromatic rings. The maximum absolute atomic E-state index is 6.10. The number of nitrogens with one attached hydrogen (secondary N) is 1. The lowest BCUT2D eigenvalue weighted by molar-refractivity contribution is 0.452. The maximum atomic E-state index is 6.10. The van der Waals surface area contributed by atoms with E-state index in [-0.39, 0.29) is 0 Å². The van der Waals surface area contributed by atoms with Gasteiger partial charge in [0.15, 0.2) is 0 Å². The Bertz CT molecular complexity index is 503. The summed E-state index contributed by atoms with van der Waals surface area (Å²) in [6, 6.07) is 9.44. The molecule has 1 fully saturated rings. The minimum absolute atomic E-state index is 0.311. The molecule has 2 aromatic heterocycles. The third-order valence-corrected chi connectivity index (χ3v) is 6.61. The van der Waals surface area contributed by atoms with Crippen LogP contribution in [0.4, 0.5) is 0 Å². The molecule has 0 radical (unpaired) electrons. The standard InChI is InChI=1S/C14H16ClNS3/c15-13-4-3-12(19-13)14(11-2-1-7-18-11)16-10-5-8-17-9-6-10/h1-4,7,10,14,16H,5-6,8-9H2. The second-order valence-corrected chi connectivity index (χ2v) is 8.59. The predicted octanol–water partition coefficient (Wildman–Crippen LogP) is 5.04. The molecular formula is C14H16ClNS3. The zero-order valence-electron chi connectivity index (χ0n) is 10.5. The molecule has 0 spiro atoms. The van der Waals surface area contributed by atoms with Crippen molar-refractivity contribution < 1.29 is 0 Å². The van der Waals surface area contributed by atoms with Crippen molar-refractivity contribution in [2.24, 2.45) is 0 Å². The highest BCUT2D eigenvalue weighted by Gasteiger charge is 2.22. The molecule has 3 rings (SSSR count). The lowest BCUT2D eigenvalue weighted by atomic mass is 10.1. The van der Waals surface area contributed by atoms with E-state index in [1.54, 1.807) is 11.3 Å². The molecule has 102 valence electrons. The summed E-state index contributed by atoms with van der Waals surface area (Å²) in [5.74, 6) is 2.56. The first-order chi connectivity index (χ1) is 9.33. The molecule has 1 aliphatic rings. The van der Waals surface area contributed by atoms with Crippen LogP contribution in [0.15, 0.2) is 29.6 Å². The molecule has 3 heterocycles. The molecule has 0 aliphatic carbocycles. The van der Waals surface area contributed by atoms with Crippen LogP contribution in [0, 0.1) is 0 Å². The van der Waals surface area contributed by atoms with E-state index in [0.29, 0.717) is 12.1 Å². The lowest BCUT2D eigenvalue weighted by Crippen LogP contribution is -2.35. The molecule has 5 heteroatoms. The summed E-state index contributed by atoms with van der Waals surface area (Å²) in [6.45, 7) is 0. The quantitative estimate of drug-likeness (QED) is 0.843. The van der Waals surface area contributed by atoms with Gasteiger partial charge in [0.1, 0.15) is 0 Å². The molecule has 1 N–H and O–H groups in total. The number of thioether (sulfide) groups is 1. The van der Waals surface area contributed by atoms with Gasteiger partial charge < -0.3 is 5.32 Å². The van der Waals surface area contributed by atoms with Crippen LogP contribution in [0.3, 0.4) is 0 Å². The summed E-state index contributed by atoms with van der Waals surface area (Å²) >= 11 is 11.7. The van der Waals surface area contributed by atoms with E-state index in [2.05, 4.69) is 40.7 Å². The highest BCUT2D eigenvalue weighted by molar-refractivity contribution is 7.99. The van der Waals surface area contributed by atoms with Crippen molar-refractivity contribution >= 4 is 46.0 Å². The number of thiophene rings is 2. The number of halogens is 1. The van der Waals surface area contributed by atoms with Crippen molar-refractivity contribution in [3.63, 3.8) is 0 Å². The van der Waals surface area contributed by atoms with Crippen LogP contribution < -0.4 is 5.32 Å². The Hall–Kier alpha value is -0.0000000000000000555. The largest absolute Gasteiger partial charge is 0.302 e. The van der Waals surface area contributed by atoms with Crippen LogP contribution >= 0.6 is 46.0 Å². The molecule has 1 atom stereocenters. The van der Waals surface area contributed by atoms with Crippen molar-refractivity contribution in [2.75, 3.05) is 11.5 Å². The Morgan fingerprint density at radius 2 is 2.00 bits per heavy atom. The van der Waals surface area contributed by atoms with E-state index < -0.39 is 0 Å². The van der Waals surface area contributed by atoms with E-state index in [0.717, 1.165) is 4.34 Å². The highest BCUT2D eigenvalue weighted by Crippen LogP contribution is 2.34. The fourth-order valence-electron chi connectivity index (χ4n) is 2.34. The van der Waals surface area contributed by atoms with Gasteiger partial charge in [0.05, 0.1) is 10.4 Å². The van der Waals surface area contributed by atoms with E-state index in [9.17, 15) is 0 Å². The van der Waals surface area contributed by atoms with Gasteiger partial charge in [-0.05, 0) is 47.9 Å². The molecule has 1 nitrogen and oxygen atoms in total. The number of hydrogen-bond acceptors (Lipinski definition) is 4. The molecule has 0 saturated carbocycles. The van der Waals surface area contributed by atoms with Gasteiger partial charge in [-0.3, -0.25) is 0 Å². The average Bonchev–Trinajstić information content (AvgIpc) is 3.09. The van der Waals surface area contributed by atoms with Gasteiger partial charge >= 0.3 is 0 Å². The summed E-state index contributed by atoms with van der Waals surface area (Å²) < 4.78 is 0.873. The van der Waals surface area contributed by atoms with Crippen molar-refractivity contribution in [1.82, 2.24) is 5.32 Å². The first-order valence-electron chi connectivity index (χ1n) is 6.45. The smallest absolute Gasteiger partial charge is 0.0931 e. The topological polar surface area (TPSA) is 12.0 Å². The third kappa shape index (κ3) is 3.56. The molecule has 0 aromatic carbocycles. The monoisotopic (exact) mass is 329 g/mol. The average molecular weight is 330 g/mol. The van der Waals surface area contributed by atoms with Gasteiger partial charge in [0.2, 0.25) is 0 Å².